The molecule has 1 N–H and O–H groups in total. The molecule has 0 bridgehead atoms. The quantitative estimate of drug-likeness (QED) is 0.457. The van der Waals surface area contributed by atoms with E-state index in [0.29, 0.717) is 12.3 Å². The number of benzene rings is 3. The van der Waals surface area contributed by atoms with Gasteiger partial charge in [-0.15, -0.1) is 0 Å². The molecule has 144 valence electrons. The van der Waals surface area contributed by atoms with E-state index in [1.54, 1.807) is 6.08 Å². The maximum Gasteiger partial charge on any atom is 0.266 e. The first-order valence-corrected chi connectivity index (χ1v) is 9.32. The van der Waals surface area contributed by atoms with Gasteiger partial charge in [-0.05, 0) is 54.8 Å². The van der Waals surface area contributed by atoms with Crippen molar-refractivity contribution in [1.29, 1.82) is 5.26 Å². The lowest BCUT2D eigenvalue weighted by Gasteiger charge is -2.09. The molecule has 1 amide bonds. The van der Waals surface area contributed by atoms with Gasteiger partial charge in [0.05, 0.1) is 0 Å². The SMILES string of the molecule is Cc1ccc(NC(=O)C(C#N)=Cc2ccc(OCc3ccccc3)cc2)c(C)c1. The number of nitriles is 1. The zero-order chi connectivity index (χ0) is 20.6. The highest BCUT2D eigenvalue weighted by molar-refractivity contribution is 6.09. The number of anilines is 1. The Labute approximate surface area is 171 Å². The smallest absolute Gasteiger partial charge is 0.266 e. The Kier molecular flexibility index (Phi) is 6.44. The summed E-state index contributed by atoms with van der Waals surface area (Å²) in [5.41, 5.74) is 4.66. The summed E-state index contributed by atoms with van der Waals surface area (Å²) in [4.78, 5) is 12.5. The molecule has 0 aliphatic heterocycles. The molecule has 4 nitrogen and oxygen atoms in total. The predicted molar refractivity (Wildman–Crippen MR) is 115 cm³/mol. The van der Waals surface area contributed by atoms with Crippen LogP contribution in [-0.2, 0) is 11.4 Å². The molecule has 0 radical (unpaired) electrons. The molecule has 29 heavy (non-hydrogen) atoms. The van der Waals surface area contributed by atoms with Crippen molar-refractivity contribution in [2.75, 3.05) is 5.32 Å². The summed E-state index contributed by atoms with van der Waals surface area (Å²) in [6, 6.07) is 24.9. The second-order valence-electron chi connectivity index (χ2n) is 6.79. The second-order valence-corrected chi connectivity index (χ2v) is 6.79. The van der Waals surface area contributed by atoms with E-state index in [-0.39, 0.29) is 5.57 Å². The van der Waals surface area contributed by atoms with E-state index in [0.717, 1.165) is 28.0 Å². The standard InChI is InChI=1S/C25H22N2O2/c1-18-8-13-24(19(2)14-18)27-25(28)22(16-26)15-20-9-11-23(12-10-20)29-17-21-6-4-3-5-7-21/h3-15H,17H2,1-2H3,(H,27,28). The number of ether oxygens (including phenoxy) is 1. The molecule has 0 heterocycles. The van der Waals surface area contributed by atoms with Crippen molar-refractivity contribution >= 4 is 17.7 Å². The Hall–Kier alpha value is -3.84. The summed E-state index contributed by atoms with van der Waals surface area (Å²) in [7, 11) is 0. The summed E-state index contributed by atoms with van der Waals surface area (Å²) < 4.78 is 5.76. The minimum atomic E-state index is -0.427. The molecular weight excluding hydrogens is 360 g/mol. The highest BCUT2D eigenvalue weighted by atomic mass is 16.5. The summed E-state index contributed by atoms with van der Waals surface area (Å²) in [6.45, 7) is 4.40. The van der Waals surface area contributed by atoms with Crippen LogP contribution in [0.15, 0.2) is 78.4 Å². The maximum absolute atomic E-state index is 12.5. The zero-order valence-electron chi connectivity index (χ0n) is 16.5. The van der Waals surface area contributed by atoms with E-state index < -0.39 is 5.91 Å². The van der Waals surface area contributed by atoms with Crippen LogP contribution in [0.5, 0.6) is 5.75 Å². The van der Waals surface area contributed by atoms with Crippen molar-refractivity contribution in [1.82, 2.24) is 0 Å². The number of hydrogen-bond donors (Lipinski definition) is 1. The van der Waals surface area contributed by atoms with Crippen LogP contribution in [0.1, 0.15) is 22.3 Å². The molecule has 0 aliphatic rings. The fraction of sp³-hybridized carbons (Fsp3) is 0.120. The number of rotatable bonds is 6. The minimum Gasteiger partial charge on any atom is -0.489 e. The molecule has 0 aliphatic carbocycles. The van der Waals surface area contributed by atoms with Crippen LogP contribution >= 0.6 is 0 Å². The average Bonchev–Trinajstić information content (AvgIpc) is 2.74. The number of hydrogen-bond acceptors (Lipinski definition) is 3. The number of aryl methyl sites for hydroxylation is 2. The van der Waals surface area contributed by atoms with Crippen LogP contribution in [0.25, 0.3) is 6.08 Å². The van der Waals surface area contributed by atoms with Crippen molar-refractivity contribution in [3.8, 4) is 11.8 Å². The molecule has 0 atom stereocenters. The van der Waals surface area contributed by atoms with Gasteiger partial charge in [-0.2, -0.15) is 5.26 Å². The molecule has 0 fully saturated rings. The topological polar surface area (TPSA) is 62.1 Å². The first kappa shape index (κ1) is 19.9. The maximum atomic E-state index is 12.5. The normalized spacial score (nSPS) is 10.9. The summed E-state index contributed by atoms with van der Waals surface area (Å²) >= 11 is 0. The van der Waals surface area contributed by atoms with Crippen molar-refractivity contribution in [2.24, 2.45) is 0 Å². The highest BCUT2D eigenvalue weighted by Crippen LogP contribution is 2.19. The predicted octanol–water partition coefficient (Wildman–Crippen LogP) is 5.43. The molecule has 0 saturated heterocycles. The van der Waals surface area contributed by atoms with Gasteiger partial charge in [0.15, 0.2) is 0 Å². The van der Waals surface area contributed by atoms with Crippen LogP contribution in [0, 0.1) is 25.2 Å². The monoisotopic (exact) mass is 382 g/mol. The summed E-state index contributed by atoms with van der Waals surface area (Å²) in [6.07, 6.45) is 1.57. The Morgan fingerprint density at radius 1 is 1.03 bits per heavy atom. The van der Waals surface area contributed by atoms with Crippen molar-refractivity contribution in [3.05, 3.63) is 101 Å². The van der Waals surface area contributed by atoms with Gasteiger partial charge in [-0.25, -0.2) is 0 Å². The van der Waals surface area contributed by atoms with E-state index in [1.165, 1.54) is 0 Å². The fourth-order valence-electron chi connectivity index (χ4n) is 2.86. The minimum absolute atomic E-state index is 0.0444. The lowest BCUT2D eigenvalue weighted by molar-refractivity contribution is -0.112. The molecule has 4 heteroatoms. The van der Waals surface area contributed by atoms with Gasteiger partial charge in [-0.1, -0.05) is 60.2 Å². The second kappa shape index (κ2) is 9.38. The first-order valence-electron chi connectivity index (χ1n) is 9.32. The Bertz CT molecular complexity index is 1060. The molecular formula is C25H22N2O2. The van der Waals surface area contributed by atoms with Gasteiger partial charge in [0, 0.05) is 5.69 Å². The Morgan fingerprint density at radius 3 is 2.41 bits per heavy atom. The summed E-state index contributed by atoms with van der Waals surface area (Å²) in [5, 5.41) is 12.2. The third-order valence-electron chi connectivity index (χ3n) is 4.43. The lowest BCUT2D eigenvalue weighted by atomic mass is 10.1. The van der Waals surface area contributed by atoms with Gasteiger partial charge >= 0.3 is 0 Å². The van der Waals surface area contributed by atoms with E-state index in [9.17, 15) is 10.1 Å². The van der Waals surface area contributed by atoms with Gasteiger partial charge in [0.25, 0.3) is 5.91 Å². The lowest BCUT2D eigenvalue weighted by Crippen LogP contribution is -2.14. The van der Waals surface area contributed by atoms with Gasteiger partial charge in [0.2, 0.25) is 0 Å². The molecule has 0 spiro atoms. The Morgan fingerprint density at radius 2 is 1.76 bits per heavy atom. The van der Waals surface area contributed by atoms with Gasteiger partial charge in [0.1, 0.15) is 24.0 Å². The number of carbonyl (C=O) groups excluding carboxylic acids is 1. The number of nitrogens with one attached hydrogen (secondary N) is 1. The molecule has 0 unspecified atom stereocenters. The number of nitrogens with zero attached hydrogens (tertiary/aromatic N) is 1. The van der Waals surface area contributed by atoms with Crippen LogP contribution < -0.4 is 10.1 Å². The number of carbonyl (C=O) groups is 1. The zero-order valence-corrected chi connectivity index (χ0v) is 16.5. The molecule has 3 rings (SSSR count). The van der Waals surface area contributed by atoms with Crippen molar-refractivity contribution < 1.29 is 9.53 Å². The third-order valence-corrected chi connectivity index (χ3v) is 4.43. The van der Waals surface area contributed by atoms with Crippen molar-refractivity contribution in [2.45, 2.75) is 20.5 Å². The molecule has 3 aromatic carbocycles. The average molecular weight is 382 g/mol. The van der Waals surface area contributed by atoms with E-state index >= 15 is 0 Å². The Balaban J connectivity index is 1.66. The first-order chi connectivity index (χ1) is 14.0. The van der Waals surface area contributed by atoms with E-state index in [1.807, 2.05) is 92.7 Å². The molecule has 3 aromatic rings. The largest absolute Gasteiger partial charge is 0.489 e. The molecule has 0 saturated carbocycles. The summed E-state index contributed by atoms with van der Waals surface area (Å²) in [5.74, 6) is 0.299. The molecule has 0 aromatic heterocycles. The highest BCUT2D eigenvalue weighted by Gasteiger charge is 2.11. The van der Waals surface area contributed by atoms with Crippen LogP contribution in [0.3, 0.4) is 0 Å². The van der Waals surface area contributed by atoms with E-state index in [2.05, 4.69) is 5.32 Å². The number of amides is 1. The van der Waals surface area contributed by atoms with Gasteiger partial charge < -0.3 is 10.1 Å². The third kappa shape index (κ3) is 5.57. The van der Waals surface area contributed by atoms with Crippen LogP contribution in [0.2, 0.25) is 0 Å². The van der Waals surface area contributed by atoms with Crippen LogP contribution in [-0.4, -0.2) is 5.91 Å². The van der Waals surface area contributed by atoms with E-state index in [4.69, 9.17) is 4.74 Å². The van der Waals surface area contributed by atoms with Gasteiger partial charge in [-0.3, -0.25) is 4.79 Å². The van der Waals surface area contributed by atoms with Crippen molar-refractivity contribution in [3.63, 3.8) is 0 Å². The fourth-order valence-corrected chi connectivity index (χ4v) is 2.86. The van der Waals surface area contributed by atoms with Crippen LogP contribution in [0.4, 0.5) is 5.69 Å².